The van der Waals surface area contributed by atoms with Gasteiger partial charge in [-0.05, 0) is 25.3 Å². The molecule has 0 bridgehead atoms. The lowest BCUT2D eigenvalue weighted by Crippen LogP contribution is -2.50. The zero-order chi connectivity index (χ0) is 14.1. The topological polar surface area (TPSA) is 44.8 Å². The fourth-order valence-electron chi connectivity index (χ4n) is 3.65. The monoisotopic (exact) mass is 281 g/mol. The van der Waals surface area contributed by atoms with Gasteiger partial charge in [0.25, 0.3) is 0 Å². The van der Waals surface area contributed by atoms with Crippen molar-refractivity contribution in [2.75, 3.05) is 32.9 Å². The minimum absolute atomic E-state index is 0.00289. The van der Waals surface area contributed by atoms with Crippen LogP contribution in [0.1, 0.15) is 33.1 Å². The normalized spacial score (nSPS) is 36.4. The molecule has 3 fully saturated rings. The molecule has 5 nitrogen and oxygen atoms in total. The molecule has 0 saturated carbocycles. The van der Waals surface area contributed by atoms with Crippen molar-refractivity contribution in [1.82, 2.24) is 15.1 Å². The second kappa shape index (κ2) is 6.00. The first-order valence-electron chi connectivity index (χ1n) is 8.07. The Morgan fingerprint density at radius 3 is 3.15 bits per heavy atom. The van der Waals surface area contributed by atoms with Gasteiger partial charge in [-0.1, -0.05) is 20.3 Å². The van der Waals surface area contributed by atoms with E-state index < -0.39 is 0 Å². The number of hydrogen-bond donors (Lipinski definition) is 1. The van der Waals surface area contributed by atoms with Gasteiger partial charge < -0.3 is 9.64 Å². The Morgan fingerprint density at radius 2 is 2.35 bits per heavy atom. The molecule has 114 valence electrons. The number of amides is 1. The summed E-state index contributed by atoms with van der Waals surface area (Å²) in [7, 11) is 0. The van der Waals surface area contributed by atoms with Crippen LogP contribution in [0.2, 0.25) is 0 Å². The van der Waals surface area contributed by atoms with Gasteiger partial charge >= 0.3 is 0 Å². The molecule has 0 spiro atoms. The van der Waals surface area contributed by atoms with Gasteiger partial charge in [0.2, 0.25) is 5.91 Å². The Bertz CT molecular complexity index is 363. The highest BCUT2D eigenvalue weighted by Crippen LogP contribution is 2.24. The van der Waals surface area contributed by atoms with Crippen LogP contribution in [0.5, 0.6) is 0 Å². The zero-order valence-electron chi connectivity index (χ0n) is 12.7. The van der Waals surface area contributed by atoms with Gasteiger partial charge in [0.05, 0.1) is 25.4 Å². The predicted molar refractivity (Wildman–Crippen MR) is 77.3 cm³/mol. The lowest BCUT2D eigenvalue weighted by atomic mass is 9.99. The first kappa shape index (κ1) is 14.3. The minimum Gasteiger partial charge on any atom is -0.373 e. The summed E-state index contributed by atoms with van der Waals surface area (Å²) in [5.41, 5.74) is 0. The van der Waals surface area contributed by atoms with Crippen LogP contribution in [0, 0.1) is 5.92 Å². The standard InChI is InChI=1S/C15H27N3O2/c1-3-11(2)14-15(19)18(10-16-14)8-13-7-17-6-4-5-12(17)9-20-13/h11-14,16H,3-10H2,1-2H3. The molecule has 3 rings (SSSR count). The second-order valence-corrected chi connectivity index (χ2v) is 6.53. The van der Waals surface area contributed by atoms with E-state index in [2.05, 4.69) is 24.1 Å². The van der Waals surface area contributed by atoms with Crippen LogP contribution in [0.25, 0.3) is 0 Å². The van der Waals surface area contributed by atoms with E-state index >= 15 is 0 Å². The largest absolute Gasteiger partial charge is 0.373 e. The molecule has 1 N–H and O–H groups in total. The highest BCUT2D eigenvalue weighted by Gasteiger charge is 2.38. The number of rotatable bonds is 4. The van der Waals surface area contributed by atoms with Crippen LogP contribution in [0.15, 0.2) is 0 Å². The molecular formula is C15H27N3O2. The Kier molecular flexibility index (Phi) is 4.29. The molecule has 3 heterocycles. The van der Waals surface area contributed by atoms with Gasteiger partial charge in [-0.2, -0.15) is 0 Å². The van der Waals surface area contributed by atoms with Crippen LogP contribution in [0.4, 0.5) is 0 Å². The summed E-state index contributed by atoms with van der Waals surface area (Å²) >= 11 is 0. The maximum Gasteiger partial charge on any atom is 0.241 e. The molecule has 1 amide bonds. The third-order valence-corrected chi connectivity index (χ3v) is 5.18. The summed E-state index contributed by atoms with van der Waals surface area (Å²) in [5, 5.41) is 3.35. The maximum atomic E-state index is 12.4. The number of carbonyl (C=O) groups excluding carboxylic acids is 1. The van der Waals surface area contributed by atoms with Crippen LogP contribution >= 0.6 is 0 Å². The quantitative estimate of drug-likeness (QED) is 0.822. The van der Waals surface area contributed by atoms with Crippen molar-refractivity contribution in [2.24, 2.45) is 5.92 Å². The second-order valence-electron chi connectivity index (χ2n) is 6.53. The van der Waals surface area contributed by atoms with E-state index in [4.69, 9.17) is 4.74 Å². The van der Waals surface area contributed by atoms with Crippen molar-refractivity contribution in [2.45, 2.75) is 51.3 Å². The molecule has 3 aliphatic heterocycles. The number of ether oxygens (including phenoxy) is 1. The Balaban J connectivity index is 1.52. The van der Waals surface area contributed by atoms with E-state index in [0.29, 0.717) is 18.6 Å². The maximum absolute atomic E-state index is 12.4. The molecule has 0 aromatic rings. The third kappa shape index (κ3) is 2.71. The SMILES string of the molecule is CCC(C)C1NCN(CC2CN3CCCC3CO2)C1=O. The van der Waals surface area contributed by atoms with E-state index in [1.165, 1.54) is 19.4 Å². The molecule has 0 aliphatic carbocycles. The number of carbonyl (C=O) groups is 1. The summed E-state index contributed by atoms with van der Waals surface area (Å²) in [6.07, 6.45) is 3.78. The molecule has 0 radical (unpaired) electrons. The first-order chi connectivity index (χ1) is 9.69. The molecular weight excluding hydrogens is 254 g/mol. The number of nitrogens with zero attached hydrogens (tertiary/aromatic N) is 2. The fraction of sp³-hybridized carbons (Fsp3) is 0.933. The molecule has 4 atom stereocenters. The summed E-state index contributed by atoms with van der Waals surface area (Å²) in [4.78, 5) is 16.9. The van der Waals surface area contributed by atoms with Crippen molar-refractivity contribution in [1.29, 1.82) is 0 Å². The first-order valence-corrected chi connectivity index (χ1v) is 8.07. The van der Waals surface area contributed by atoms with E-state index in [1.807, 2.05) is 4.90 Å². The number of nitrogens with one attached hydrogen (secondary N) is 1. The molecule has 3 saturated heterocycles. The van der Waals surface area contributed by atoms with Crippen molar-refractivity contribution in [3.8, 4) is 0 Å². The molecule has 5 heteroatoms. The smallest absolute Gasteiger partial charge is 0.241 e. The van der Waals surface area contributed by atoms with Crippen LogP contribution in [-0.4, -0.2) is 66.8 Å². The Morgan fingerprint density at radius 1 is 1.50 bits per heavy atom. The summed E-state index contributed by atoms with van der Waals surface area (Å²) in [6, 6.07) is 0.634. The van der Waals surface area contributed by atoms with E-state index in [-0.39, 0.29) is 18.1 Å². The van der Waals surface area contributed by atoms with Crippen LogP contribution < -0.4 is 5.32 Å². The summed E-state index contributed by atoms with van der Waals surface area (Å²) < 4.78 is 5.96. The van der Waals surface area contributed by atoms with Crippen LogP contribution in [-0.2, 0) is 9.53 Å². The predicted octanol–water partition coefficient (Wildman–Crippen LogP) is 0.654. The van der Waals surface area contributed by atoms with Gasteiger partial charge in [-0.15, -0.1) is 0 Å². The van der Waals surface area contributed by atoms with Gasteiger partial charge in [-0.25, -0.2) is 0 Å². The Labute approximate surface area is 121 Å². The van der Waals surface area contributed by atoms with Gasteiger partial charge in [0.1, 0.15) is 0 Å². The number of morpholine rings is 1. The molecule has 0 aromatic carbocycles. The molecule has 0 aromatic heterocycles. The lowest BCUT2D eigenvalue weighted by molar-refractivity contribution is -0.133. The zero-order valence-corrected chi connectivity index (χ0v) is 12.7. The highest BCUT2D eigenvalue weighted by atomic mass is 16.5. The van der Waals surface area contributed by atoms with E-state index in [1.54, 1.807) is 0 Å². The van der Waals surface area contributed by atoms with E-state index in [9.17, 15) is 4.79 Å². The van der Waals surface area contributed by atoms with Crippen molar-refractivity contribution < 1.29 is 9.53 Å². The summed E-state index contributed by atoms with van der Waals surface area (Å²) in [6.45, 7) is 8.73. The van der Waals surface area contributed by atoms with Gasteiger partial charge in [-0.3, -0.25) is 15.0 Å². The van der Waals surface area contributed by atoms with Crippen LogP contribution in [0.3, 0.4) is 0 Å². The van der Waals surface area contributed by atoms with Gasteiger partial charge in [0.15, 0.2) is 0 Å². The number of fused-ring (bicyclic) bond motifs is 1. The minimum atomic E-state index is 0.00289. The number of hydrogen-bond acceptors (Lipinski definition) is 4. The average molecular weight is 281 g/mol. The van der Waals surface area contributed by atoms with Crippen molar-refractivity contribution >= 4 is 5.91 Å². The Hall–Kier alpha value is -0.650. The fourth-order valence-corrected chi connectivity index (χ4v) is 3.65. The molecule has 4 unspecified atom stereocenters. The van der Waals surface area contributed by atoms with Crippen molar-refractivity contribution in [3.63, 3.8) is 0 Å². The van der Waals surface area contributed by atoms with Gasteiger partial charge in [0, 0.05) is 19.1 Å². The average Bonchev–Trinajstić information content (AvgIpc) is 3.05. The third-order valence-electron chi connectivity index (χ3n) is 5.18. The highest BCUT2D eigenvalue weighted by molar-refractivity contribution is 5.84. The van der Waals surface area contributed by atoms with E-state index in [0.717, 1.165) is 26.1 Å². The lowest BCUT2D eigenvalue weighted by Gasteiger charge is -2.36. The molecule has 3 aliphatic rings. The molecule has 20 heavy (non-hydrogen) atoms. The summed E-state index contributed by atoms with van der Waals surface area (Å²) in [5.74, 6) is 0.661. The van der Waals surface area contributed by atoms with Crippen molar-refractivity contribution in [3.05, 3.63) is 0 Å².